The van der Waals surface area contributed by atoms with E-state index in [2.05, 4.69) is 0 Å². The maximum Gasteiger partial charge on any atom is 0.416 e. The Morgan fingerprint density at radius 2 is 1.76 bits per heavy atom. The third kappa shape index (κ3) is 3.96. The molecule has 2 aromatic rings. The van der Waals surface area contributed by atoms with Crippen LogP contribution in [0.2, 0.25) is 0 Å². The number of anilines is 1. The van der Waals surface area contributed by atoms with Gasteiger partial charge in [-0.1, -0.05) is 18.2 Å². The molecule has 2 aliphatic rings. The molecule has 0 radical (unpaired) electrons. The molecule has 0 atom stereocenters. The second-order valence-electron chi connectivity index (χ2n) is 8.52. The number of carboxylic acids is 1. The van der Waals surface area contributed by atoms with Crippen molar-refractivity contribution in [2.75, 3.05) is 25.0 Å². The highest BCUT2D eigenvalue weighted by molar-refractivity contribution is 6.08. The molecule has 4 rings (SSSR count). The summed E-state index contributed by atoms with van der Waals surface area (Å²) in [4.78, 5) is 40.4. The number of carbonyl (C=O) groups excluding carboxylic acids is 2. The van der Waals surface area contributed by atoms with Gasteiger partial charge in [0.05, 0.1) is 16.5 Å². The molecular formula is C24H23F3N2O4. The number of aromatic carboxylic acids is 1. The van der Waals surface area contributed by atoms with Crippen molar-refractivity contribution in [3.63, 3.8) is 0 Å². The van der Waals surface area contributed by atoms with Crippen molar-refractivity contribution in [1.82, 2.24) is 4.90 Å². The molecule has 9 heteroatoms. The van der Waals surface area contributed by atoms with Crippen LogP contribution in [-0.2, 0) is 27.6 Å². The molecule has 1 fully saturated rings. The molecule has 174 valence electrons. The Balaban J connectivity index is 1.47. The van der Waals surface area contributed by atoms with Crippen LogP contribution in [0.25, 0.3) is 0 Å². The van der Waals surface area contributed by atoms with E-state index in [1.807, 2.05) is 0 Å². The maximum atomic E-state index is 13.2. The normalized spacial score (nSPS) is 17.4. The van der Waals surface area contributed by atoms with Crippen LogP contribution in [0.1, 0.15) is 46.3 Å². The predicted molar refractivity (Wildman–Crippen MR) is 114 cm³/mol. The van der Waals surface area contributed by atoms with Gasteiger partial charge >= 0.3 is 12.1 Å². The molecule has 2 amide bonds. The average Bonchev–Trinajstić information content (AvgIpc) is 2.99. The summed E-state index contributed by atoms with van der Waals surface area (Å²) in [7, 11) is 1.64. The summed E-state index contributed by atoms with van der Waals surface area (Å²) >= 11 is 0. The van der Waals surface area contributed by atoms with E-state index in [1.54, 1.807) is 18.0 Å². The Kier molecular flexibility index (Phi) is 5.67. The molecule has 0 unspecified atom stereocenters. The van der Waals surface area contributed by atoms with Gasteiger partial charge in [0, 0.05) is 32.2 Å². The number of carboxylic acid groups (broad SMARTS) is 1. The molecule has 33 heavy (non-hydrogen) atoms. The number of likely N-dealkylation sites (tertiary alicyclic amines) is 1. The number of halogens is 3. The van der Waals surface area contributed by atoms with Crippen molar-refractivity contribution in [3.05, 3.63) is 64.7 Å². The molecule has 0 bridgehead atoms. The summed E-state index contributed by atoms with van der Waals surface area (Å²) in [5.74, 6) is -1.48. The molecule has 0 aliphatic carbocycles. The van der Waals surface area contributed by atoms with Crippen LogP contribution in [0.15, 0.2) is 42.5 Å². The summed E-state index contributed by atoms with van der Waals surface area (Å²) in [6.07, 6.45) is -3.90. The quantitative estimate of drug-likeness (QED) is 0.752. The van der Waals surface area contributed by atoms with Crippen LogP contribution in [-0.4, -0.2) is 47.9 Å². The first-order valence-corrected chi connectivity index (χ1v) is 10.6. The lowest BCUT2D eigenvalue weighted by Gasteiger charge is -2.38. The molecule has 1 saturated heterocycles. The fourth-order valence-corrected chi connectivity index (χ4v) is 4.93. The van der Waals surface area contributed by atoms with E-state index in [4.69, 9.17) is 0 Å². The molecule has 1 N–H and O–H groups in total. The van der Waals surface area contributed by atoms with Crippen LogP contribution in [0.4, 0.5) is 18.9 Å². The van der Waals surface area contributed by atoms with E-state index in [0.717, 1.165) is 6.07 Å². The highest BCUT2D eigenvalue weighted by Gasteiger charge is 2.51. The smallest absolute Gasteiger partial charge is 0.416 e. The number of hydrogen-bond acceptors (Lipinski definition) is 3. The Labute approximate surface area is 188 Å². The number of aryl methyl sites for hydroxylation is 1. The minimum atomic E-state index is -4.48. The van der Waals surface area contributed by atoms with Gasteiger partial charge < -0.3 is 14.9 Å². The number of amides is 2. The summed E-state index contributed by atoms with van der Waals surface area (Å²) in [6, 6.07) is 9.85. The molecule has 2 aromatic carbocycles. The van der Waals surface area contributed by atoms with Crippen LogP contribution >= 0.6 is 0 Å². The van der Waals surface area contributed by atoms with Crippen molar-refractivity contribution in [1.29, 1.82) is 0 Å². The van der Waals surface area contributed by atoms with E-state index >= 15 is 0 Å². The SMILES string of the molecule is CN1C(=O)C2(CCN(C(=O)CCc3ccccc3C(F)(F)F)CC2)c2cc(C(=O)O)ccc21. The standard InChI is InChI=1S/C24H23F3N2O4/c1-28-19-8-6-16(21(31)32)14-18(19)23(22(28)33)10-12-29(13-11-23)20(30)9-7-15-4-2-3-5-17(15)24(25,26)27/h2-6,8,14H,7,9-13H2,1H3,(H,31,32). The van der Waals surface area contributed by atoms with E-state index in [1.165, 1.54) is 35.2 Å². The second-order valence-corrected chi connectivity index (χ2v) is 8.52. The van der Waals surface area contributed by atoms with Crippen molar-refractivity contribution < 1.29 is 32.7 Å². The molecule has 0 aromatic heterocycles. The number of likely N-dealkylation sites (N-methyl/N-ethyl adjacent to an activating group) is 1. The lowest BCUT2D eigenvalue weighted by molar-refractivity contribution is -0.139. The number of rotatable bonds is 4. The van der Waals surface area contributed by atoms with E-state index < -0.39 is 23.1 Å². The van der Waals surface area contributed by atoms with E-state index in [-0.39, 0.29) is 48.9 Å². The first-order chi connectivity index (χ1) is 15.5. The molecular weight excluding hydrogens is 437 g/mol. The van der Waals surface area contributed by atoms with E-state index in [0.29, 0.717) is 24.1 Å². The van der Waals surface area contributed by atoms with Gasteiger partial charge in [0.25, 0.3) is 0 Å². The summed E-state index contributed by atoms with van der Waals surface area (Å²) in [5.41, 5.74) is -0.141. The monoisotopic (exact) mass is 460 g/mol. The van der Waals surface area contributed by atoms with Crippen molar-refractivity contribution in [2.45, 2.75) is 37.3 Å². The largest absolute Gasteiger partial charge is 0.478 e. The number of benzene rings is 2. The second kappa shape index (κ2) is 8.20. The predicted octanol–water partition coefficient (Wildman–Crippen LogP) is 3.87. The number of nitrogens with zero attached hydrogens (tertiary/aromatic N) is 2. The number of alkyl halides is 3. The molecule has 2 heterocycles. The van der Waals surface area contributed by atoms with Gasteiger partial charge in [-0.2, -0.15) is 13.2 Å². The third-order valence-electron chi connectivity index (χ3n) is 6.74. The third-order valence-corrected chi connectivity index (χ3v) is 6.74. The topological polar surface area (TPSA) is 77.9 Å². The fourth-order valence-electron chi connectivity index (χ4n) is 4.93. The van der Waals surface area contributed by atoms with Gasteiger partial charge in [-0.15, -0.1) is 0 Å². The summed E-state index contributed by atoms with van der Waals surface area (Å²) in [6.45, 7) is 0.548. The number of piperidine rings is 1. The lowest BCUT2D eigenvalue weighted by atomic mass is 9.73. The van der Waals surface area contributed by atoms with Gasteiger partial charge in [-0.05, 0) is 54.7 Å². The molecule has 1 spiro atoms. The van der Waals surface area contributed by atoms with Crippen LogP contribution < -0.4 is 4.90 Å². The number of hydrogen-bond donors (Lipinski definition) is 1. The number of fused-ring (bicyclic) bond motifs is 2. The fraction of sp³-hybridized carbons (Fsp3) is 0.375. The van der Waals surface area contributed by atoms with Gasteiger partial charge in [0.2, 0.25) is 11.8 Å². The summed E-state index contributed by atoms with van der Waals surface area (Å²) < 4.78 is 39.6. The Morgan fingerprint density at radius 3 is 2.39 bits per heavy atom. The minimum absolute atomic E-state index is 0.0252. The zero-order chi connectivity index (χ0) is 24.0. The lowest BCUT2D eigenvalue weighted by Crippen LogP contribution is -2.49. The van der Waals surface area contributed by atoms with Crippen LogP contribution in [0.3, 0.4) is 0 Å². The zero-order valence-corrected chi connectivity index (χ0v) is 18.0. The van der Waals surface area contributed by atoms with E-state index in [9.17, 15) is 32.7 Å². The molecule has 2 aliphatic heterocycles. The maximum absolute atomic E-state index is 13.2. The first kappa shape index (κ1) is 22.8. The summed E-state index contributed by atoms with van der Waals surface area (Å²) in [5, 5.41) is 9.35. The zero-order valence-electron chi connectivity index (χ0n) is 18.0. The van der Waals surface area contributed by atoms with Gasteiger partial charge in [0.15, 0.2) is 0 Å². The van der Waals surface area contributed by atoms with Crippen LogP contribution in [0.5, 0.6) is 0 Å². The minimum Gasteiger partial charge on any atom is -0.478 e. The van der Waals surface area contributed by atoms with Gasteiger partial charge in [0.1, 0.15) is 0 Å². The van der Waals surface area contributed by atoms with Crippen LogP contribution in [0, 0.1) is 0 Å². The van der Waals surface area contributed by atoms with Crippen molar-refractivity contribution >= 4 is 23.5 Å². The van der Waals surface area contributed by atoms with Crippen molar-refractivity contribution in [3.8, 4) is 0 Å². The van der Waals surface area contributed by atoms with Crippen molar-refractivity contribution in [2.24, 2.45) is 0 Å². The average molecular weight is 460 g/mol. The highest BCUT2D eigenvalue weighted by Crippen LogP contribution is 2.47. The van der Waals surface area contributed by atoms with Gasteiger partial charge in [-0.3, -0.25) is 9.59 Å². The van der Waals surface area contributed by atoms with Gasteiger partial charge in [-0.25, -0.2) is 4.79 Å². The Hall–Kier alpha value is -3.36. The Morgan fingerprint density at radius 1 is 1.09 bits per heavy atom. The highest BCUT2D eigenvalue weighted by atomic mass is 19.4. The number of carbonyl (C=O) groups is 3. The molecule has 0 saturated carbocycles. The Bertz CT molecular complexity index is 1120. The molecule has 6 nitrogen and oxygen atoms in total. The first-order valence-electron chi connectivity index (χ1n) is 10.6.